The lowest BCUT2D eigenvalue weighted by Crippen LogP contribution is -2.30. The van der Waals surface area contributed by atoms with E-state index >= 15 is 0 Å². The van der Waals surface area contributed by atoms with E-state index in [0.717, 1.165) is 0 Å². The second-order valence-electron chi connectivity index (χ2n) is 5.71. The predicted molar refractivity (Wildman–Crippen MR) is 101 cm³/mol. The Morgan fingerprint density at radius 2 is 1.77 bits per heavy atom. The average Bonchev–Trinajstić information content (AvgIpc) is 2.57. The fraction of sp³-hybridized carbons (Fsp3) is 0.211. The van der Waals surface area contributed by atoms with Crippen molar-refractivity contribution in [2.75, 3.05) is 10.6 Å². The molecule has 0 heterocycles. The molecule has 0 saturated heterocycles. The van der Waals surface area contributed by atoms with Gasteiger partial charge in [-0.2, -0.15) is 0 Å². The minimum atomic E-state index is -0.794. The molecule has 0 saturated carbocycles. The van der Waals surface area contributed by atoms with Crippen molar-refractivity contribution < 1.29 is 19.1 Å². The van der Waals surface area contributed by atoms with Crippen LogP contribution in [-0.4, -0.2) is 23.7 Å². The van der Waals surface area contributed by atoms with E-state index < -0.39 is 6.10 Å². The van der Waals surface area contributed by atoms with E-state index in [-0.39, 0.29) is 17.6 Å². The summed E-state index contributed by atoms with van der Waals surface area (Å²) in [4.78, 5) is 34.9. The average molecular weight is 375 g/mol. The van der Waals surface area contributed by atoms with E-state index in [4.69, 9.17) is 16.3 Å². The Labute approximate surface area is 156 Å². The molecule has 2 N–H and O–H groups in total. The van der Waals surface area contributed by atoms with Gasteiger partial charge in [-0.1, -0.05) is 23.7 Å². The summed E-state index contributed by atoms with van der Waals surface area (Å²) in [7, 11) is 0. The lowest BCUT2D eigenvalue weighted by atomic mass is 10.1. The zero-order chi connectivity index (χ0) is 19.3. The lowest BCUT2D eigenvalue weighted by Gasteiger charge is -2.16. The van der Waals surface area contributed by atoms with Gasteiger partial charge in [0.25, 0.3) is 5.91 Å². The summed E-state index contributed by atoms with van der Waals surface area (Å²) < 4.78 is 5.60. The molecule has 2 aromatic carbocycles. The summed E-state index contributed by atoms with van der Waals surface area (Å²) in [5.41, 5.74) is 1.38. The number of Topliss-reactive ketones (excluding diaryl/α,β-unsaturated/α-hetero) is 1. The molecule has 0 aromatic heterocycles. The number of carbonyl (C=O) groups excluding carboxylic acids is 3. The Hall–Kier alpha value is -2.86. The number of ketones is 1. The SMILES string of the molecule is CC(=O)Nc1cc(NC(=O)C(C)Oc2cccc(C(C)=O)c2)ccc1Cl. The molecule has 7 heteroatoms. The molecule has 1 unspecified atom stereocenters. The standard InChI is InChI=1S/C19H19ClN2O4/c1-11(23)14-5-4-6-16(9-14)26-12(2)19(25)22-15-7-8-17(20)18(10-15)21-13(3)24/h4-10,12H,1-3H3,(H,21,24)(H,22,25). The Morgan fingerprint density at radius 1 is 1.04 bits per heavy atom. The van der Waals surface area contributed by atoms with E-state index in [1.807, 2.05) is 0 Å². The summed E-state index contributed by atoms with van der Waals surface area (Å²) >= 11 is 6.01. The van der Waals surface area contributed by atoms with Crippen LogP contribution in [0.2, 0.25) is 5.02 Å². The van der Waals surface area contributed by atoms with Crippen molar-refractivity contribution >= 4 is 40.6 Å². The third-order valence-corrected chi connectivity index (χ3v) is 3.80. The number of hydrogen-bond acceptors (Lipinski definition) is 4. The second kappa shape index (κ2) is 8.49. The quantitative estimate of drug-likeness (QED) is 0.751. The van der Waals surface area contributed by atoms with Crippen LogP contribution in [0.1, 0.15) is 31.1 Å². The maximum absolute atomic E-state index is 12.3. The third kappa shape index (κ3) is 5.32. The van der Waals surface area contributed by atoms with Crippen LogP contribution in [0.4, 0.5) is 11.4 Å². The van der Waals surface area contributed by atoms with E-state index in [1.165, 1.54) is 13.8 Å². The van der Waals surface area contributed by atoms with Gasteiger partial charge in [0.2, 0.25) is 5.91 Å². The molecule has 2 rings (SSSR count). The monoisotopic (exact) mass is 374 g/mol. The molecule has 0 spiro atoms. The first kappa shape index (κ1) is 19.5. The Kier molecular flexibility index (Phi) is 6.36. The zero-order valence-electron chi connectivity index (χ0n) is 14.6. The fourth-order valence-corrected chi connectivity index (χ4v) is 2.34. The third-order valence-electron chi connectivity index (χ3n) is 3.47. The van der Waals surface area contributed by atoms with Crippen LogP contribution in [0, 0.1) is 0 Å². The Bertz CT molecular complexity index is 851. The van der Waals surface area contributed by atoms with Gasteiger partial charge >= 0.3 is 0 Å². The molecule has 0 fully saturated rings. The molecular weight excluding hydrogens is 356 g/mol. The number of halogens is 1. The van der Waals surface area contributed by atoms with Crippen molar-refractivity contribution in [3.05, 3.63) is 53.1 Å². The molecule has 0 radical (unpaired) electrons. The molecule has 0 bridgehead atoms. The zero-order valence-corrected chi connectivity index (χ0v) is 15.4. The lowest BCUT2D eigenvalue weighted by molar-refractivity contribution is -0.122. The smallest absolute Gasteiger partial charge is 0.265 e. The van der Waals surface area contributed by atoms with Gasteiger partial charge in [0.1, 0.15) is 5.75 Å². The van der Waals surface area contributed by atoms with Crippen LogP contribution in [-0.2, 0) is 9.59 Å². The molecule has 1 atom stereocenters. The van der Waals surface area contributed by atoms with Gasteiger partial charge in [-0.3, -0.25) is 14.4 Å². The van der Waals surface area contributed by atoms with Gasteiger partial charge in [0, 0.05) is 18.2 Å². The van der Waals surface area contributed by atoms with Crippen molar-refractivity contribution in [3.8, 4) is 5.75 Å². The van der Waals surface area contributed by atoms with Crippen LogP contribution in [0.25, 0.3) is 0 Å². The predicted octanol–water partition coefficient (Wildman–Crippen LogP) is 3.91. The number of carbonyl (C=O) groups is 3. The number of rotatable bonds is 6. The van der Waals surface area contributed by atoms with Crippen molar-refractivity contribution in [1.82, 2.24) is 0 Å². The molecule has 2 aromatic rings. The molecule has 0 aliphatic rings. The minimum Gasteiger partial charge on any atom is -0.481 e. The maximum Gasteiger partial charge on any atom is 0.265 e. The first-order valence-corrected chi connectivity index (χ1v) is 8.29. The topological polar surface area (TPSA) is 84.5 Å². The van der Waals surface area contributed by atoms with Crippen LogP contribution in [0.15, 0.2) is 42.5 Å². The highest BCUT2D eigenvalue weighted by molar-refractivity contribution is 6.33. The molecular formula is C19H19ClN2O4. The van der Waals surface area contributed by atoms with Crippen LogP contribution >= 0.6 is 11.6 Å². The summed E-state index contributed by atoms with van der Waals surface area (Å²) in [6, 6.07) is 11.4. The number of benzene rings is 2. The summed E-state index contributed by atoms with van der Waals surface area (Å²) in [5, 5.41) is 5.65. The minimum absolute atomic E-state index is 0.0841. The largest absolute Gasteiger partial charge is 0.481 e. The van der Waals surface area contributed by atoms with Crippen LogP contribution in [0.5, 0.6) is 5.75 Å². The number of hydrogen-bond donors (Lipinski definition) is 2. The van der Waals surface area contributed by atoms with Crippen LogP contribution < -0.4 is 15.4 Å². The fourth-order valence-electron chi connectivity index (χ4n) is 2.18. The highest BCUT2D eigenvalue weighted by atomic mass is 35.5. The first-order valence-electron chi connectivity index (χ1n) is 7.92. The van der Waals surface area contributed by atoms with Crippen molar-refractivity contribution in [2.45, 2.75) is 26.9 Å². The summed E-state index contributed by atoms with van der Waals surface area (Å²) in [6.07, 6.45) is -0.794. The van der Waals surface area contributed by atoms with E-state index in [0.29, 0.717) is 27.7 Å². The van der Waals surface area contributed by atoms with Crippen molar-refractivity contribution in [3.63, 3.8) is 0 Å². The van der Waals surface area contributed by atoms with E-state index in [1.54, 1.807) is 49.4 Å². The Balaban J connectivity index is 2.06. The number of nitrogens with one attached hydrogen (secondary N) is 2. The molecule has 6 nitrogen and oxygen atoms in total. The van der Waals surface area contributed by atoms with Gasteiger partial charge in [-0.15, -0.1) is 0 Å². The van der Waals surface area contributed by atoms with Gasteiger partial charge < -0.3 is 15.4 Å². The first-order chi connectivity index (χ1) is 12.3. The molecule has 136 valence electrons. The van der Waals surface area contributed by atoms with Crippen molar-refractivity contribution in [1.29, 1.82) is 0 Å². The van der Waals surface area contributed by atoms with Gasteiger partial charge in [0.15, 0.2) is 11.9 Å². The normalized spacial score (nSPS) is 11.4. The molecule has 26 heavy (non-hydrogen) atoms. The summed E-state index contributed by atoms with van der Waals surface area (Å²) in [6.45, 7) is 4.43. The van der Waals surface area contributed by atoms with Gasteiger partial charge in [0.05, 0.1) is 10.7 Å². The highest BCUT2D eigenvalue weighted by Crippen LogP contribution is 2.26. The highest BCUT2D eigenvalue weighted by Gasteiger charge is 2.16. The van der Waals surface area contributed by atoms with Crippen LogP contribution in [0.3, 0.4) is 0 Å². The molecule has 0 aliphatic carbocycles. The number of anilines is 2. The molecule has 0 aliphatic heterocycles. The number of ether oxygens (including phenoxy) is 1. The Morgan fingerprint density at radius 3 is 2.42 bits per heavy atom. The summed E-state index contributed by atoms with van der Waals surface area (Å²) in [5.74, 6) is -0.304. The maximum atomic E-state index is 12.3. The van der Waals surface area contributed by atoms with Gasteiger partial charge in [-0.25, -0.2) is 0 Å². The van der Waals surface area contributed by atoms with Gasteiger partial charge in [-0.05, 0) is 44.2 Å². The number of amides is 2. The van der Waals surface area contributed by atoms with E-state index in [9.17, 15) is 14.4 Å². The second-order valence-corrected chi connectivity index (χ2v) is 6.12. The molecule has 2 amide bonds. The van der Waals surface area contributed by atoms with E-state index in [2.05, 4.69) is 10.6 Å². The van der Waals surface area contributed by atoms with Crippen molar-refractivity contribution in [2.24, 2.45) is 0 Å².